The SMILES string of the molecule is CSc1ccc(-c2nnc(-c3ccc(SC)cc3)o2)cc1. The van der Waals surface area contributed by atoms with E-state index >= 15 is 0 Å². The first-order valence-electron chi connectivity index (χ1n) is 6.42. The lowest BCUT2D eigenvalue weighted by Gasteiger charge is -1.98. The molecule has 2 aromatic carbocycles. The van der Waals surface area contributed by atoms with E-state index in [0.717, 1.165) is 11.1 Å². The average molecular weight is 314 g/mol. The van der Waals surface area contributed by atoms with Gasteiger partial charge in [-0.1, -0.05) is 0 Å². The second-order valence-corrected chi connectivity index (χ2v) is 6.13. The van der Waals surface area contributed by atoms with E-state index in [2.05, 4.69) is 47.0 Å². The van der Waals surface area contributed by atoms with Crippen LogP contribution in [0.4, 0.5) is 0 Å². The van der Waals surface area contributed by atoms with Crippen LogP contribution in [0.15, 0.2) is 62.7 Å². The summed E-state index contributed by atoms with van der Waals surface area (Å²) in [7, 11) is 0. The highest BCUT2D eigenvalue weighted by Gasteiger charge is 2.10. The molecular formula is C16H14N2OS2. The topological polar surface area (TPSA) is 38.9 Å². The molecule has 3 nitrogen and oxygen atoms in total. The van der Waals surface area contributed by atoms with Gasteiger partial charge in [0, 0.05) is 20.9 Å². The van der Waals surface area contributed by atoms with E-state index < -0.39 is 0 Å². The maximum atomic E-state index is 5.77. The van der Waals surface area contributed by atoms with E-state index in [9.17, 15) is 0 Å². The predicted molar refractivity (Wildman–Crippen MR) is 88.7 cm³/mol. The van der Waals surface area contributed by atoms with Gasteiger partial charge in [0.05, 0.1) is 0 Å². The molecule has 1 heterocycles. The Morgan fingerprint density at radius 2 is 1.05 bits per heavy atom. The minimum absolute atomic E-state index is 0.548. The first kappa shape index (κ1) is 14.2. The van der Waals surface area contributed by atoms with Gasteiger partial charge in [-0.2, -0.15) is 0 Å². The minimum Gasteiger partial charge on any atom is -0.416 e. The van der Waals surface area contributed by atoms with Crippen LogP contribution in [-0.4, -0.2) is 22.7 Å². The molecule has 0 radical (unpaired) electrons. The molecule has 0 spiro atoms. The molecule has 0 atom stereocenters. The number of aromatic nitrogens is 2. The summed E-state index contributed by atoms with van der Waals surface area (Å²) >= 11 is 3.42. The average Bonchev–Trinajstić information content (AvgIpc) is 3.05. The van der Waals surface area contributed by atoms with Crippen molar-refractivity contribution < 1.29 is 4.42 Å². The monoisotopic (exact) mass is 314 g/mol. The van der Waals surface area contributed by atoms with Crippen LogP contribution in [0.5, 0.6) is 0 Å². The maximum Gasteiger partial charge on any atom is 0.248 e. The fourth-order valence-corrected chi connectivity index (χ4v) is 2.74. The number of hydrogen-bond acceptors (Lipinski definition) is 5. The lowest BCUT2D eigenvalue weighted by atomic mass is 10.2. The molecule has 0 aliphatic heterocycles. The van der Waals surface area contributed by atoms with Crippen molar-refractivity contribution in [1.29, 1.82) is 0 Å². The lowest BCUT2D eigenvalue weighted by Crippen LogP contribution is -1.78. The Bertz CT molecular complexity index is 659. The van der Waals surface area contributed by atoms with Crippen molar-refractivity contribution in [2.24, 2.45) is 0 Å². The van der Waals surface area contributed by atoms with Crippen LogP contribution in [0, 0.1) is 0 Å². The maximum absolute atomic E-state index is 5.77. The van der Waals surface area contributed by atoms with Crippen molar-refractivity contribution in [1.82, 2.24) is 10.2 Å². The van der Waals surface area contributed by atoms with Crippen LogP contribution in [-0.2, 0) is 0 Å². The van der Waals surface area contributed by atoms with Gasteiger partial charge in [-0.25, -0.2) is 0 Å². The molecule has 0 N–H and O–H groups in total. The van der Waals surface area contributed by atoms with Crippen molar-refractivity contribution in [2.45, 2.75) is 9.79 Å². The second-order valence-electron chi connectivity index (χ2n) is 4.37. The number of rotatable bonds is 4. The third-order valence-electron chi connectivity index (χ3n) is 3.10. The summed E-state index contributed by atoms with van der Waals surface area (Å²) in [5.74, 6) is 1.10. The van der Waals surface area contributed by atoms with Crippen LogP contribution < -0.4 is 0 Å². The molecule has 0 aliphatic carbocycles. The molecule has 3 rings (SSSR count). The van der Waals surface area contributed by atoms with Crippen molar-refractivity contribution in [3.63, 3.8) is 0 Å². The summed E-state index contributed by atoms with van der Waals surface area (Å²) in [5, 5.41) is 8.26. The van der Waals surface area contributed by atoms with Crippen LogP contribution in [0.2, 0.25) is 0 Å². The fourth-order valence-electron chi connectivity index (χ4n) is 1.92. The number of benzene rings is 2. The molecule has 0 aliphatic rings. The summed E-state index contributed by atoms with van der Waals surface area (Å²) in [5.41, 5.74) is 1.87. The Morgan fingerprint density at radius 3 is 1.38 bits per heavy atom. The molecule has 1 aromatic heterocycles. The summed E-state index contributed by atoms with van der Waals surface area (Å²) in [4.78, 5) is 2.43. The van der Waals surface area contributed by atoms with Gasteiger partial charge in [0.15, 0.2) is 0 Å². The van der Waals surface area contributed by atoms with E-state index in [1.54, 1.807) is 23.5 Å². The van der Waals surface area contributed by atoms with Crippen LogP contribution in [0.3, 0.4) is 0 Å². The fraction of sp³-hybridized carbons (Fsp3) is 0.125. The Balaban J connectivity index is 1.87. The third-order valence-corrected chi connectivity index (χ3v) is 4.59. The number of nitrogens with zero attached hydrogens (tertiary/aromatic N) is 2. The minimum atomic E-state index is 0.548. The van der Waals surface area contributed by atoms with E-state index in [1.807, 2.05) is 24.3 Å². The van der Waals surface area contributed by atoms with E-state index in [0.29, 0.717) is 11.8 Å². The Hall–Kier alpha value is -1.72. The zero-order valence-electron chi connectivity index (χ0n) is 11.7. The van der Waals surface area contributed by atoms with Crippen molar-refractivity contribution in [3.05, 3.63) is 48.5 Å². The molecule has 106 valence electrons. The van der Waals surface area contributed by atoms with Crippen LogP contribution >= 0.6 is 23.5 Å². The molecule has 5 heteroatoms. The predicted octanol–water partition coefficient (Wildman–Crippen LogP) is 4.85. The van der Waals surface area contributed by atoms with Crippen LogP contribution in [0.1, 0.15) is 0 Å². The first-order valence-corrected chi connectivity index (χ1v) is 8.87. The summed E-state index contributed by atoms with van der Waals surface area (Å²) < 4.78 is 5.77. The highest BCUT2D eigenvalue weighted by Crippen LogP contribution is 2.26. The van der Waals surface area contributed by atoms with Gasteiger partial charge in [0.1, 0.15) is 0 Å². The number of hydrogen-bond donors (Lipinski definition) is 0. The quantitative estimate of drug-likeness (QED) is 0.644. The smallest absolute Gasteiger partial charge is 0.248 e. The highest BCUT2D eigenvalue weighted by molar-refractivity contribution is 7.98. The zero-order chi connectivity index (χ0) is 14.7. The molecule has 3 aromatic rings. The Morgan fingerprint density at radius 1 is 0.667 bits per heavy atom. The van der Waals surface area contributed by atoms with Crippen molar-refractivity contribution in [2.75, 3.05) is 12.5 Å². The van der Waals surface area contributed by atoms with Gasteiger partial charge < -0.3 is 4.42 Å². The van der Waals surface area contributed by atoms with Gasteiger partial charge >= 0.3 is 0 Å². The number of thioether (sulfide) groups is 2. The van der Waals surface area contributed by atoms with Gasteiger partial charge in [-0.3, -0.25) is 0 Å². The molecule has 0 bridgehead atoms. The molecule has 0 saturated heterocycles. The van der Waals surface area contributed by atoms with E-state index in [1.165, 1.54) is 9.79 Å². The zero-order valence-corrected chi connectivity index (χ0v) is 13.4. The molecule has 21 heavy (non-hydrogen) atoms. The van der Waals surface area contributed by atoms with E-state index in [-0.39, 0.29) is 0 Å². The largest absolute Gasteiger partial charge is 0.416 e. The molecule has 0 fully saturated rings. The third kappa shape index (κ3) is 3.14. The molecule has 0 amide bonds. The van der Waals surface area contributed by atoms with Crippen molar-refractivity contribution >= 4 is 23.5 Å². The van der Waals surface area contributed by atoms with Crippen molar-refractivity contribution in [3.8, 4) is 22.9 Å². The Kier molecular flexibility index (Phi) is 4.31. The van der Waals surface area contributed by atoms with E-state index in [4.69, 9.17) is 4.42 Å². The highest BCUT2D eigenvalue weighted by atomic mass is 32.2. The standard InChI is InChI=1S/C16H14N2OS2/c1-20-13-7-3-11(4-8-13)15-17-18-16(19-15)12-5-9-14(21-2)10-6-12/h3-10H,1-2H3. The summed E-state index contributed by atoms with van der Waals surface area (Å²) in [6.45, 7) is 0. The summed E-state index contributed by atoms with van der Waals surface area (Å²) in [6, 6.07) is 16.2. The van der Waals surface area contributed by atoms with Gasteiger partial charge in [-0.15, -0.1) is 33.7 Å². The molecular weight excluding hydrogens is 300 g/mol. The molecule has 0 saturated carbocycles. The summed E-state index contributed by atoms with van der Waals surface area (Å²) in [6.07, 6.45) is 4.11. The second kappa shape index (κ2) is 6.37. The Labute approximate surface area is 132 Å². The van der Waals surface area contributed by atoms with Crippen LogP contribution in [0.25, 0.3) is 22.9 Å². The lowest BCUT2D eigenvalue weighted by molar-refractivity contribution is 0.584. The molecule has 0 unspecified atom stereocenters. The van der Waals surface area contributed by atoms with Gasteiger partial charge in [0.2, 0.25) is 11.8 Å². The van der Waals surface area contributed by atoms with Gasteiger partial charge in [-0.05, 0) is 61.0 Å². The normalized spacial score (nSPS) is 10.8. The first-order chi connectivity index (χ1) is 10.3. The van der Waals surface area contributed by atoms with Gasteiger partial charge in [0.25, 0.3) is 0 Å².